The van der Waals surface area contributed by atoms with E-state index in [1.165, 1.54) is 34.1 Å². The first kappa shape index (κ1) is 34.7. The largest absolute Gasteiger partial charge is 0.393 e. The number of piperidine rings is 1. The van der Waals surface area contributed by atoms with Crippen LogP contribution in [0.2, 0.25) is 0 Å². The van der Waals surface area contributed by atoms with E-state index in [1.807, 2.05) is 6.07 Å². The predicted octanol–water partition coefficient (Wildman–Crippen LogP) is 5.11. The molecule has 3 fully saturated rings. The van der Waals surface area contributed by atoms with Gasteiger partial charge in [-0.25, -0.2) is 18.4 Å². The molecule has 3 aliphatic rings. The molecular formula is C36H43F3N8O2S. The van der Waals surface area contributed by atoms with Gasteiger partial charge in [0.05, 0.1) is 18.2 Å². The maximum absolute atomic E-state index is 13.1. The number of anilines is 1. The summed E-state index contributed by atoms with van der Waals surface area (Å²) in [5.74, 6) is 0.712. The summed E-state index contributed by atoms with van der Waals surface area (Å²) in [6.07, 6.45) is -0.412. The monoisotopic (exact) mass is 708 g/mol. The van der Waals surface area contributed by atoms with Gasteiger partial charge in [0.15, 0.2) is 0 Å². The van der Waals surface area contributed by atoms with Crippen molar-refractivity contribution in [2.24, 2.45) is 5.41 Å². The fourth-order valence-electron chi connectivity index (χ4n) is 8.26. The maximum Gasteiger partial charge on any atom is 0.393 e. The molecule has 50 heavy (non-hydrogen) atoms. The molecule has 0 bridgehead atoms. The molecule has 14 heteroatoms. The molecule has 1 atom stereocenters. The third kappa shape index (κ3) is 6.93. The second kappa shape index (κ2) is 13.1. The number of fused-ring (bicyclic) bond motifs is 2. The van der Waals surface area contributed by atoms with Crippen LogP contribution in [0.3, 0.4) is 0 Å². The highest BCUT2D eigenvalue weighted by Gasteiger charge is 2.45. The van der Waals surface area contributed by atoms with Crippen LogP contribution < -0.4 is 4.90 Å². The molecule has 3 aliphatic heterocycles. The molecule has 0 aliphatic carbocycles. The van der Waals surface area contributed by atoms with Gasteiger partial charge in [0.25, 0.3) is 0 Å². The highest BCUT2D eigenvalue weighted by Crippen LogP contribution is 2.44. The highest BCUT2D eigenvalue weighted by atomic mass is 32.2. The van der Waals surface area contributed by atoms with Crippen LogP contribution in [-0.4, -0.2) is 108 Å². The van der Waals surface area contributed by atoms with Gasteiger partial charge in [-0.3, -0.25) is 9.80 Å². The lowest BCUT2D eigenvalue weighted by atomic mass is 9.72. The third-order valence-corrected chi connectivity index (χ3v) is 12.3. The fraction of sp³-hybridized carbons (Fsp3) is 0.528. The van der Waals surface area contributed by atoms with Crippen molar-refractivity contribution in [2.45, 2.75) is 51.9 Å². The Hall–Kier alpha value is -3.77. The Bertz CT molecular complexity index is 2050. The van der Waals surface area contributed by atoms with Gasteiger partial charge in [-0.05, 0) is 80.7 Å². The van der Waals surface area contributed by atoms with E-state index in [0.717, 1.165) is 63.0 Å². The Labute approximate surface area is 291 Å². The van der Waals surface area contributed by atoms with Crippen molar-refractivity contribution >= 4 is 37.6 Å². The molecule has 1 unspecified atom stereocenters. The van der Waals surface area contributed by atoms with E-state index in [-0.39, 0.29) is 17.0 Å². The van der Waals surface area contributed by atoms with E-state index in [9.17, 15) is 26.9 Å². The molecule has 2 aromatic carbocycles. The lowest BCUT2D eigenvalue weighted by Gasteiger charge is -2.54. The summed E-state index contributed by atoms with van der Waals surface area (Å²) in [4.78, 5) is 15.7. The Kier molecular flexibility index (Phi) is 9.07. The summed E-state index contributed by atoms with van der Waals surface area (Å²) >= 11 is 0. The van der Waals surface area contributed by atoms with Crippen LogP contribution in [0.5, 0.6) is 0 Å². The fourth-order valence-corrected chi connectivity index (χ4v) is 9.09. The lowest BCUT2D eigenvalue weighted by Crippen LogP contribution is -2.60. The number of nitrogens with zero attached hydrogens (tertiary/aromatic N) is 8. The molecule has 266 valence electrons. The highest BCUT2D eigenvalue weighted by molar-refractivity contribution is 7.88. The minimum atomic E-state index is -4.27. The lowest BCUT2D eigenvalue weighted by molar-refractivity contribution is -0.127. The number of rotatable bonds is 8. The molecular weight excluding hydrogens is 666 g/mol. The standard InChI is InChI=1S/C36H43F3N8O2S/c1-25(20-44-12-14-46(15-13-44)50(3,48)49)47-29(19-40)17-30-26(2)28(5-7-33(30)47)21-43-10-8-35(9-11-43)22-45(23-35)34-31-16-27(18-36(37,38)39)4-6-32(31)41-24-42-34/h4-7,16-17,24-25H,8-15,18,20-23H2,1-3H3. The number of aryl methyl sites for hydroxylation is 1. The van der Waals surface area contributed by atoms with Gasteiger partial charge in [-0.1, -0.05) is 12.1 Å². The van der Waals surface area contributed by atoms with Gasteiger partial charge in [0.2, 0.25) is 10.0 Å². The summed E-state index contributed by atoms with van der Waals surface area (Å²) in [7, 11) is -3.19. The summed E-state index contributed by atoms with van der Waals surface area (Å²) in [5.41, 5.74) is 5.14. The van der Waals surface area contributed by atoms with Crippen LogP contribution in [0, 0.1) is 23.7 Å². The summed E-state index contributed by atoms with van der Waals surface area (Å²) in [6.45, 7) is 11.7. The number of hydrogen-bond acceptors (Lipinski definition) is 8. The summed E-state index contributed by atoms with van der Waals surface area (Å²) < 4.78 is 66.7. The van der Waals surface area contributed by atoms with Crippen LogP contribution in [-0.2, 0) is 23.0 Å². The van der Waals surface area contributed by atoms with E-state index in [1.54, 1.807) is 12.1 Å². The predicted molar refractivity (Wildman–Crippen MR) is 187 cm³/mol. The molecule has 2 aromatic heterocycles. The van der Waals surface area contributed by atoms with E-state index in [2.05, 4.69) is 61.3 Å². The van der Waals surface area contributed by atoms with Crippen LogP contribution in [0.4, 0.5) is 19.0 Å². The molecule has 10 nitrogen and oxygen atoms in total. The number of sulfonamides is 1. The molecule has 4 aromatic rings. The van der Waals surface area contributed by atoms with E-state index in [0.29, 0.717) is 48.6 Å². The van der Waals surface area contributed by atoms with Crippen molar-refractivity contribution in [3.8, 4) is 6.07 Å². The Morgan fingerprint density at radius 3 is 2.34 bits per heavy atom. The first-order valence-corrected chi connectivity index (χ1v) is 19.1. The number of aromatic nitrogens is 3. The number of nitriles is 1. The van der Waals surface area contributed by atoms with Gasteiger partial charge >= 0.3 is 6.18 Å². The van der Waals surface area contributed by atoms with Crippen LogP contribution >= 0.6 is 0 Å². The summed E-state index contributed by atoms with van der Waals surface area (Å²) in [5, 5.41) is 11.8. The minimum Gasteiger partial charge on any atom is -0.355 e. The minimum absolute atomic E-state index is 0.0415. The van der Waals surface area contributed by atoms with E-state index in [4.69, 9.17) is 0 Å². The molecule has 0 saturated carbocycles. The Morgan fingerprint density at radius 1 is 0.960 bits per heavy atom. The zero-order valence-corrected chi connectivity index (χ0v) is 29.6. The van der Waals surface area contributed by atoms with E-state index >= 15 is 0 Å². The number of alkyl halides is 3. The Morgan fingerprint density at radius 2 is 1.68 bits per heavy atom. The van der Waals surface area contributed by atoms with Crippen molar-refractivity contribution in [3.05, 3.63) is 65.1 Å². The topological polar surface area (TPSA) is 102 Å². The molecule has 1 spiro atoms. The van der Waals surface area contributed by atoms with Crippen LogP contribution in [0.1, 0.15) is 48.2 Å². The number of piperazine rings is 1. The van der Waals surface area contributed by atoms with Gasteiger partial charge in [0.1, 0.15) is 23.9 Å². The second-order valence-electron chi connectivity index (χ2n) is 14.6. The van der Waals surface area contributed by atoms with Crippen molar-refractivity contribution in [3.63, 3.8) is 0 Å². The van der Waals surface area contributed by atoms with Crippen molar-refractivity contribution in [1.29, 1.82) is 5.26 Å². The summed E-state index contributed by atoms with van der Waals surface area (Å²) in [6, 6.07) is 13.5. The number of hydrogen-bond donors (Lipinski definition) is 0. The van der Waals surface area contributed by atoms with Gasteiger partial charge in [-0.2, -0.15) is 22.7 Å². The van der Waals surface area contributed by atoms with Crippen molar-refractivity contribution in [2.75, 3.05) is 70.1 Å². The number of likely N-dealkylation sites (tertiary alicyclic amines) is 1. The van der Waals surface area contributed by atoms with Crippen molar-refractivity contribution in [1.82, 2.24) is 28.6 Å². The average molecular weight is 709 g/mol. The van der Waals surface area contributed by atoms with Crippen LogP contribution in [0.25, 0.3) is 21.8 Å². The second-order valence-corrected chi connectivity index (χ2v) is 16.6. The van der Waals surface area contributed by atoms with E-state index < -0.39 is 22.6 Å². The zero-order chi connectivity index (χ0) is 35.4. The molecule has 0 radical (unpaired) electrons. The smallest absolute Gasteiger partial charge is 0.355 e. The third-order valence-electron chi connectivity index (χ3n) is 11.0. The quantitative estimate of drug-likeness (QED) is 0.249. The maximum atomic E-state index is 13.1. The first-order valence-electron chi connectivity index (χ1n) is 17.2. The number of benzene rings is 2. The zero-order valence-electron chi connectivity index (χ0n) is 28.7. The van der Waals surface area contributed by atoms with Crippen LogP contribution in [0.15, 0.2) is 42.7 Å². The van der Waals surface area contributed by atoms with Gasteiger partial charge in [-0.15, -0.1) is 0 Å². The number of halogens is 3. The molecule has 5 heterocycles. The average Bonchev–Trinajstić information content (AvgIpc) is 3.44. The molecule has 3 saturated heterocycles. The molecule has 7 rings (SSSR count). The molecule has 0 amide bonds. The SMILES string of the molecule is Cc1c(CN2CCC3(CC2)CN(c2ncnc4ccc(CC(F)(F)F)cc24)C3)ccc2c1cc(C#N)n2C(C)CN1CCN(S(C)(=O)=O)CC1. The van der Waals surface area contributed by atoms with Gasteiger partial charge in [0, 0.05) is 80.1 Å². The normalized spacial score (nSPS) is 20.0. The van der Waals surface area contributed by atoms with Crippen molar-refractivity contribution < 1.29 is 21.6 Å². The first-order chi connectivity index (χ1) is 23.7. The molecule has 0 N–H and O–H groups in total. The van der Waals surface area contributed by atoms with Gasteiger partial charge < -0.3 is 9.47 Å². The Balaban J connectivity index is 0.984.